The van der Waals surface area contributed by atoms with Crippen molar-refractivity contribution in [3.63, 3.8) is 0 Å². The number of carbonyl (C=O) groups is 2. The summed E-state index contributed by atoms with van der Waals surface area (Å²) in [5, 5.41) is 20.6. The predicted octanol–water partition coefficient (Wildman–Crippen LogP) is 1.86. The molecule has 2 N–H and O–H groups in total. The number of nitro groups is 1. The van der Waals surface area contributed by atoms with Gasteiger partial charge in [-0.25, -0.2) is 5.10 Å². The molecule has 0 aliphatic rings. The molecule has 148 valence electrons. The summed E-state index contributed by atoms with van der Waals surface area (Å²) in [4.78, 5) is 46.4. The largest absolute Gasteiger partial charge is 0.455 e. The summed E-state index contributed by atoms with van der Waals surface area (Å²) < 4.78 is 4.95. The summed E-state index contributed by atoms with van der Waals surface area (Å²) in [6.07, 6.45) is -0.255. The monoisotopic (exact) mass is 396 g/mol. The van der Waals surface area contributed by atoms with Crippen molar-refractivity contribution in [1.82, 2.24) is 10.2 Å². The number of aryl methyl sites for hydroxylation is 1. The zero-order chi connectivity index (χ0) is 21.0. The van der Waals surface area contributed by atoms with Gasteiger partial charge in [-0.2, -0.15) is 5.10 Å². The maximum Gasteiger partial charge on any atom is 0.312 e. The molecule has 2 aromatic carbocycles. The number of aromatic amines is 1. The fourth-order valence-corrected chi connectivity index (χ4v) is 2.78. The molecule has 10 nitrogen and oxygen atoms in total. The number of hydrogen-bond donors (Lipinski definition) is 2. The van der Waals surface area contributed by atoms with Crippen molar-refractivity contribution in [2.24, 2.45) is 0 Å². The number of carbonyl (C=O) groups excluding carboxylic acids is 2. The van der Waals surface area contributed by atoms with Crippen molar-refractivity contribution >= 4 is 34.0 Å². The molecular weight excluding hydrogens is 380 g/mol. The van der Waals surface area contributed by atoms with Crippen molar-refractivity contribution in [2.75, 3.05) is 11.9 Å². The Balaban J connectivity index is 1.65. The topological polar surface area (TPSA) is 144 Å². The van der Waals surface area contributed by atoms with E-state index in [-0.39, 0.29) is 23.4 Å². The van der Waals surface area contributed by atoms with Crippen LogP contribution in [0.2, 0.25) is 0 Å². The molecule has 0 saturated carbocycles. The number of H-pyrrole nitrogens is 1. The lowest BCUT2D eigenvalue weighted by atomic mass is 10.1. The van der Waals surface area contributed by atoms with E-state index in [4.69, 9.17) is 4.74 Å². The average molecular weight is 396 g/mol. The minimum Gasteiger partial charge on any atom is -0.455 e. The van der Waals surface area contributed by atoms with Crippen molar-refractivity contribution in [3.05, 3.63) is 74.2 Å². The highest BCUT2D eigenvalue weighted by molar-refractivity contribution is 5.96. The van der Waals surface area contributed by atoms with Gasteiger partial charge in [0.25, 0.3) is 17.2 Å². The van der Waals surface area contributed by atoms with Crippen LogP contribution in [0.1, 0.15) is 11.3 Å². The fourth-order valence-electron chi connectivity index (χ4n) is 2.78. The number of nitro benzene ring substituents is 1. The Morgan fingerprint density at radius 1 is 1.17 bits per heavy atom. The number of esters is 1. The second-order valence-electron chi connectivity index (χ2n) is 6.16. The van der Waals surface area contributed by atoms with Crippen LogP contribution in [0.5, 0.6) is 0 Å². The number of benzene rings is 2. The third-order valence-electron chi connectivity index (χ3n) is 4.16. The quantitative estimate of drug-likeness (QED) is 0.367. The Morgan fingerprint density at radius 2 is 1.90 bits per heavy atom. The number of rotatable bonds is 6. The zero-order valence-corrected chi connectivity index (χ0v) is 15.3. The average Bonchev–Trinajstić information content (AvgIpc) is 2.70. The molecule has 0 unspecified atom stereocenters. The lowest BCUT2D eigenvalue weighted by Gasteiger charge is -2.09. The normalized spacial score (nSPS) is 10.5. The van der Waals surface area contributed by atoms with E-state index in [1.165, 1.54) is 12.1 Å². The highest BCUT2D eigenvalue weighted by Gasteiger charge is 2.19. The summed E-state index contributed by atoms with van der Waals surface area (Å²) in [5.74, 6) is -1.45. The van der Waals surface area contributed by atoms with E-state index in [0.29, 0.717) is 22.0 Å². The lowest BCUT2D eigenvalue weighted by Crippen LogP contribution is -2.23. The number of nitrogens with one attached hydrogen (secondary N) is 2. The van der Waals surface area contributed by atoms with Crippen LogP contribution >= 0.6 is 0 Å². The number of anilines is 1. The highest BCUT2D eigenvalue weighted by atomic mass is 16.6. The van der Waals surface area contributed by atoms with Crippen LogP contribution in [0.4, 0.5) is 11.4 Å². The molecule has 0 spiro atoms. The van der Waals surface area contributed by atoms with Gasteiger partial charge in [0, 0.05) is 11.5 Å². The summed E-state index contributed by atoms with van der Waals surface area (Å²) in [6.45, 7) is 0.993. The fraction of sp³-hybridized carbons (Fsp3) is 0.158. The smallest absolute Gasteiger partial charge is 0.312 e. The number of fused-ring (bicyclic) bond motifs is 1. The van der Waals surface area contributed by atoms with Gasteiger partial charge in [-0.15, -0.1) is 0 Å². The predicted molar refractivity (Wildman–Crippen MR) is 103 cm³/mol. The molecule has 3 rings (SSSR count). The van der Waals surface area contributed by atoms with Crippen LogP contribution in [0.25, 0.3) is 10.8 Å². The molecule has 0 fully saturated rings. The van der Waals surface area contributed by atoms with Crippen molar-refractivity contribution < 1.29 is 19.2 Å². The molecule has 1 aromatic heterocycles. The van der Waals surface area contributed by atoms with Crippen molar-refractivity contribution in [2.45, 2.75) is 13.3 Å². The van der Waals surface area contributed by atoms with Gasteiger partial charge in [0.1, 0.15) is 5.69 Å². The summed E-state index contributed by atoms with van der Waals surface area (Å²) in [7, 11) is 0. The van der Waals surface area contributed by atoms with E-state index in [0.717, 1.165) is 0 Å². The first-order valence-electron chi connectivity index (χ1n) is 8.52. The zero-order valence-electron chi connectivity index (χ0n) is 15.3. The van der Waals surface area contributed by atoms with E-state index in [1.54, 1.807) is 37.3 Å². The van der Waals surface area contributed by atoms with E-state index in [2.05, 4.69) is 15.5 Å². The molecule has 10 heteroatoms. The van der Waals surface area contributed by atoms with Gasteiger partial charge in [-0.1, -0.05) is 30.3 Å². The van der Waals surface area contributed by atoms with Gasteiger partial charge < -0.3 is 10.1 Å². The van der Waals surface area contributed by atoms with Gasteiger partial charge in [0.2, 0.25) is 0 Å². The van der Waals surface area contributed by atoms with Crippen LogP contribution in [-0.4, -0.2) is 33.6 Å². The molecule has 0 bridgehead atoms. The number of aromatic nitrogens is 2. The maximum atomic E-state index is 12.1. The van der Waals surface area contributed by atoms with E-state index < -0.39 is 23.4 Å². The second-order valence-corrected chi connectivity index (χ2v) is 6.16. The Labute approximate surface area is 163 Å². The molecule has 1 heterocycles. The Hall–Kier alpha value is -4.08. The van der Waals surface area contributed by atoms with Gasteiger partial charge in [-0.3, -0.25) is 24.5 Å². The SMILES string of the molecule is Cc1cccc([N+](=O)[O-])c1NC(=O)COC(=O)Cc1n[nH]c(=O)c2ccccc12. The van der Waals surface area contributed by atoms with Gasteiger partial charge in [0.15, 0.2) is 6.61 Å². The summed E-state index contributed by atoms with van der Waals surface area (Å²) in [6, 6.07) is 11.0. The van der Waals surface area contributed by atoms with Gasteiger partial charge in [0.05, 0.1) is 22.4 Å². The molecule has 0 atom stereocenters. The van der Waals surface area contributed by atoms with Crippen molar-refractivity contribution in [3.8, 4) is 0 Å². The number of ether oxygens (including phenoxy) is 1. The van der Waals surface area contributed by atoms with Crippen LogP contribution in [0.15, 0.2) is 47.3 Å². The Morgan fingerprint density at radius 3 is 2.62 bits per heavy atom. The molecule has 0 aliphatic carbocycles. The van der Waals surface area contributed by atoms with Crippen LogP contribution in [0, 0.1) is 17.0 Å². The maximum absolute atomic E-state index is 12.1. The molecule has 0 aliphatic heterocycles. The molecule has 1 amide bonds. The number of amides is 1. The van der Waals surface area contributed by atoms with E-state index in [9.17, 15) is 24.5 Å². The van der Waals surface area contributed by atoms with Crippen LogP contribution < -0.4 is 10.9 Å². The Kier molecular flexibility index (Phi) is 5.63. The van der Waals surface area contributed by atoms with Crippen LogP contribution in [-0.2, 0) is 20.7 Å². The Bertz CT molecular complexity index is 1170. The summed E-state index contributed by atoms with van der Waals surface area (Å²) >= 11 is 0. The minimum absolute atomic E-state index is 0.0480. The van der Waals surface area contributed by atoms with Gasteiger partial charge in [-0.05, 0) is 18.6 Å². The van der Waals surface area contributed by atoms with Gasteiger partial charge >= 0.3 is 5.97 Å². The van der Waals surface area contributed by atoms with Crippen molar-refractivity contribution in [1.29, 1.82) is 0 Å². The minimum atomic E-state index is -0.732. The summed E-state index contributed by atoms with van der Waals surface area (Å²) in [5.41, 5.74) is 0.222. The molecule has 0 saturated heterocycles. The second kappa shape index (κ2) is 8.30. The molecule has 3 aromatic rings. The number of para-hydroxylation sites is 1. The standard InChI is InChI=1S/C19H16N4O6/c1-11-5-4-8-15(23(27)28)18(11)20-16(24)10-29-17(25)9-14-12-6-2-3-7-13(12)19(26)22-21-14/h2-8H,9-10H2,1H3,(H,20,24)(H,22,26). The van der Waals surface area contributed by atoms with E-state index >= 15 is 0 Å². The van der Waals surface area contributed by atoms with Crippen LogP contribution in [0.3, 0.4) is 0 Å². The first-order chi connectivity index (χ1) is 13.9. The lowest BCUT2D eigenvalue weighted by molar-refractivity contribution is -0.384. The number of hydrogen-bond acceptors (Lipinski definition) is 7. The first-order valence-corrected chi connectivity index (χ1v) is 8.52. The third-order valence-corrected chi connectivity index (χ3v) is 4.16. The molecule has 29 heavy (non-hydrogen) atoms. The molecule has 0 radical (unpaired) electrons. The molecular formula is C19H16N4O6. The first kappa shape index (κ1) is 19.7. The number of nitrogens with zero attached hydrogens (tertiary/aromatic N) is 2. The highest BCUT2D eigenvalue weighted by Crippen LogP contribution is 2.27. The third kappa shape index (κ3) is 4.43. The van der Waals surface area contributed by atoms with E-state index in [1.807, 2.05) is 0 Å².